The Morgan fingerprint density at radius 3 is 1.40 bits per heavy atom. The first-order valence-corrected chi connectivity index (χ1v) is 23.5. The zero-order chi connectivity index (χ0) is 43.1. The SMILES string of the molecule is CCCCCCCC/C=C/CCCCCCCC(=O)OC(CCCCCCC/C=C/CCCCCCCC)CC(=O)N[C@H](C(=O)N[C@@H](CCC(=O)O)C(=O)O)C(C)C. The van der Waals surface area contributed by atoms with Crippen molar-refractivity contribution >= 4 is 29.7 Å². The molecule has 0 saturated heterocycles. The summed E-state index contributed by atoms with van der Waals surface area (Å²) >= 11 is 0. The second kappa shape index (κ2) is 39.3. The van der Waals surface area contributed by atoms with Crippen molar-refractivity contribution in [2.24, 2.45) is 5.92 Å². The predicted octanol–water partition coefficient (Wildman–Crippen LogP) is 11.9. The molecule has 0 spiro atoms. The summed E-state index contributed by atoms with van der Waals surface area (Å²) in [6.07, 6.45) is 39.2. The Morgan fingerprint density at radius 2 is 0.966 bits per heavy atom. The minimum absolute atomic E-state index is 0.0978. The average Bonchev–Trinajstić information content (AvgIpc) is 3.18. The Morgan fingerprint density at radius 1 is 0.534 bits per heavy atom. The highest BCUT2D eigenvalue weighted by Gasteiger charge is 2.30. The molecular formula is C48H86N2O8. The fourth-order valence-electron chi connectivity index (χ4n) is 6.99. The predicted molar refractivity (Wildman–Crippen MR) is 237 cm³/mol. The monoisotopic (exact) mass is 819 g/mol. The normalized spacial score (nSPS) is 13.2. The van der Waals surface area contributed by atoms with Gasteiger partial charge in [-0.25, -0.2) is 4.79 Å². The lowest BCUT2D eigenvalue weighted by Gasteiger charge is -2.25. The molecule has 0 heterocycles. The van der Waals surface area contributed by atoms with Crippen LogP contribution in [-0.4, -0.2) is 58.1 Å². The highest BCUT2D eigenvalue weighted by Crippen LogP contribution is 2.17. The van der Waals surface area contributed by atoms with Crippen LogP contribution < -0.4 is 10.6 Å². The quantitative estimate of drug-likeness (QED) is 0.0269. The highest BCUT2D eigenvalue weighted by atomic mass is 16.5. The number of carbonyl (C=O) groups excluding carboxylic acids is 3. The molecule has 0 aliphatic heterocycles. The number of hydrogen-bond acceptors (Lipinski definition) is 6. The van der Waals surface area contributed by atoms with Crippen molar-refractivity contribution in [2.45, 2.75) is 245 Å². The van der Waals surface area contributed by atoms with Gasteiger partial charge in [-0.15, -0.1) is 0 Å². The van der Waals surface area contributed by atoms with Gasteiger partial charge in [0, 0.05) is 12.8 Å². The molecule has 10 heteroatoms. The van der Waals surface area contributed by atoms with E-state index in [2.05, 4.69) is 48.8 Å². The van der Waals surface area contributed by atoms with Crippen LogP contribution in [0, 0.1) is 5.92 Å². The Balaban J connectivity index is 4.87. The summed E-state index contributed by atoms with van der Waals surface area (Å²) < 4.78 is 5.86. The highest BCUT2D eigenvalue weighted by molar-refractivity contribution is 5.91. The second-order valence-electron chi connectivity index (χ2n) is 16.6. The van der Waals surface area contributed by atoms with Gasteiger partial charge in [0.1, 0.15) is 18.2 Å². The summed E-state index contributed by atoms with van der Waals surface area (Å²) in [7, 11) is 0. The molecule has 0 aromatic carbocycles. The number of carboxylic acid groups (broad SMARTS) is 2. The zero-order valence-corrected chi connectivity index (χ0v) is 37.4. The average molecular weight is 819 g/mol. The lowest BCUT2D eigenvalue weighted by Crippen LogP contribution is -2.54. The molecule has 58 heavy (non-hydrogen) atoms. The van der Waals surface area contributed by atoms with Crippen LogP contribution in [0.4, 0.5) is 0 Å². The number of hydrogen-bond donors (Lipinski definition) is 4. The Hall–Kier alpha value is -3.17. The molecule has 3 atom stereocenters. The third-order valence-corrected chi connectivity index (χ3v) is 10.7. The second-order valence-corrected chi connectivity index (χ2v) is 16.6. The van der Waals surface area contributed by atoms with E-state index in [-0.39, 0.29) is 24.7 Å². The fraction of sp³-hybridized carbons (Fsp3) is 0.812. The summed E-state index contributed by atoms with van der Waals surface area (Å²) in [5, 5.41) is 23.6. The number of ether oxygens (including phenoxy) is 1. The van der Waals surface area contributed by atoms with Crippen molar-refractivity contribution in [3.63, 3.8) is 0 Å². The maximum absolute atomic E-state index is 13.3. The van der Waals surface area contributed by atoms with E-state index < -0.39 is 48.4 Å². The maximum atomic E-state index is 13.3. The van der Waals surface area contributed by atoms with Crippen molar-refractivity contribution in [1.29, 1.82) is 0 Å². The van der Waals surface area contributed by atoms with Gasteiger partial charge >= 0.3 is 17.9 Å². The van der Waals surface area contributed by atoms with Crippen LogP contribution in [0.2, 0.25) is 0 Å². The number of unbranched alkanes of at least 4 members (excludes halogenated alkanes) is 22. The molecular weight excluding hydrogens is 733 g/mol. The molecule has 0 bridgehead atoms. The van der Waals surface area contributed by atoms with Crippen LogP contribution in [0.25, 0.3) is 0 Å². The van der Waals surface area contributed by atoms with Crippen molar-refractivity contribution in [3.05, 3.63) is 24.3 Å². The summed E-state index contributed by atoms with van der Waals surface area (Å²) in [6.45, 7) is 7.95. The Bertz CT molecular complexity index is 1120. The van der Waals surface area contributed by atoms with Crippen molar-refractivity contribution in [3.8, 4) is 0 Å². The van der Waals surface area contributed by atoms with E-state index >= 15 is 0 Å². The Kier molecular flexibility index (Phi) is 37.2. The lowest BCUT2D eigenvalue weighted by molar-refractivity contribution is -0.151. The summed E-state index contributed by atoms with van der Waals surface area (Å²) in [4.78, 5) is 61.9. The van der Waals surface area contributed by atoms with Gasteiger partial charge in [-0.3, -0.25) is 19.2 Å². The van der Waals surface area contributed by atoms with Crippen LogP contribution in [-0.2, 0) is 28.7 Å². The minimum Gasteiger partial charge on any atom is -0.481 e. The van der Waals surface area contributed by atoms with Gasteiger partial charge in [0.2, 0.25) is 11.8 Å². The van der Waals surface area contributed by atoms with Gasteiger partial charge < -0.3 is 25.6 Å². The number of carboxylic acids is 2. The summed E-state index contributed by atoms with van der Waals surface area (Å²) in [5.41, 5.74) is 0. The number of carbonyl (C=O) groups is 5. The molecule has 0 aliphatic rings. The summed E-state index contributed by atoms with van der Waals surface area (Å²) in [5.74, 6) is -4.36. The van der Waals surface area contributed by atoms with Crippen LogP contribution in [0.15, 0.2) is 24.3 Å². The minimum atomic E-state index is -1.40. The third kappa shape index (κ3) is 34.8. The van der Waals surface area contributed by atoms with Crippen LogP contribution >= 0.6 is 0 Å². The van der Waals surface area contributed by atoms with Crippen molar-refractivity contribution in [2.75, 3.05) is 0 Å². The number of allylic oxidation sites excluding steroid dienone is 4. The number of rotatable bonds is 41. The number of amides is 2. The molecule has 10 nitrogen and oxygen atoms in total. The molecule has 0 rings (SSSR count). The molecule has 0 aromatic heterocycles. The third-order valence-electron chi connectivity index (χ3n) is 10.7. The van der Waals surface area contributed by atoms with E-state index in [1.165, 1.54) is 83.5 Å². The van der Waals surface area contributed by atoms with Gasteiger partial charge in [-0.05, 0) is 83.0 Å². The van der Waals surface area contributed by atoms with Gasteiger partial charge in [0.05, 0.1) is 6.42 Å². The van der Waals surface area contributed by atoms with Crippen molar-refractivity contribution < 1.29 is 38.9 Å². The molecule has 0 radical (unpaired) electrons. The molecule has 0 saturated carbocycles. The van der Waals surface area contributed by atoms with E-state index in [1.807, 2.05) is 0 Å². The first kappa shape index (κ1) is 54.8. The van der Waals surface area contributed by atoms with E-state index in [9.17, 15) is 29.1 Å². The van der Waals surface area contributed by atoms with Crippen LogP contribution in [0.3, 0.4) is 0 Å². The van der Waals surface area contributed by atoms with E-state index in [1.54, 1.807) is 13.8 Å². The number of aliphatic carboxylic acids is 2. The van der Waals surface area contributed by atoms with Crippen LogP contribution in [0.1, 0.15) is 227 Å². The zero-order valence-electron chi connectivity index (χ0n) is 37.4. The molecule has 2 amide bonds. The van der Waals surface area contributed by atoms with Gasteiger partial charge in [0.15, 0.2) is 0 Å². The van der Waals surface area contributed by atoms with Crippen molar-refractivity contribution in [1.82, 2.24) is 10.6 Å². The molecule has 0 aliphatic carbocycles. The maximum Gasteiger partial charge on any atom is 0.326 e. The topological polar surface area (TPSA) is 159 Å². The summed E-state index contributed by atoms with van der Waals surface area (Å²) in [6, 6.07) is -2.43. The molecule has 0 fully saturated rings. The number of esters is 1. The Labute approximate surface area is 353 Å². The molecule has 4 N–H and O–H groups in total. The largest absolute Gasteiger partial charge is 0.481 e. The first-order chi connectivity index (χ1) is 28.0. The molecule has 0 aromatic rings. The lowest BCUT2D eigenvalue weighted by atomic mass is 10.0. The smallest absolute Gasteiger partial charge is 0.326 e. The van der Waals surface area contributed by atoms with E-state index in [0.29, 0.717) is 12.8 Å². The van der Waals surface area contributed by atoms with Gasteiger partial charge in [0.25, 0.3) is 0 Å². The number of nitrogens with one attached hydrogen (secondary N) is 2. The molecule has 336 valence electrons. The van der Waals surface area contributed by atoms with E-state index in [4.69, 9.17) is 9.84 Å². The van der Waals surface area contributed by atoms with Gasteiger partial charge in [-0.2, -0.15) is 0 Å². The standard InChI is InChI=1S/C48H86N2O8/c1-5-7-9-11-13-15-17-19-21-23-25-27-29-31-33-35-41(39-43(51)50-46(40(3)4)47(55)49-42(48(56)57)37-38-44(52)53)58-45(54)36-34-32-30-28-26-24-22-20-18-16-14-12-10-8-6-2/h19-22,40-42,46H,5-18,23-39H2,1-4H3,(H,49,55)(H,50,51)(H,52,53)(H,56,57)/b21-19+,22-20+/t41?,42-,46-/m0/s1. The first-order valence-electron chi connectivity index (χ1n) is 23.5. The van der Waals surface area contributed by atoms with Gasteiger partial charge in [-0.1, -0.05) is 155 Å². The van der Waals surface area contributed by atoms with E-state index in [0.717, 1.165) is 83.5 Å². The molecule has 1 unspecified atom stereocenters. The fourth-order valence-corrected chi connectivity index (χ4v) is 6.99. The van der Waals surface area contributed by atoms with Crippen LogP contribution in [0.5, 0.6) is 0 Å².